The van der Waals surface area contributed by atoms with Crippen LogP contribution in [0.4, 0.5) is 4.39 Å². The fraction of sp³-hybridized carbons (Fsp3) is 0.538. The van der Waals surface area contributed by atoms with Crippen LogP contribution in [0.2, 0.25) is 0 Å². The molecule has 0 bridgehead atoms. The summed E-state index contributed by atoms with van der Waals surface area (Å²) in [4.78, 5) is 0. The van der Waals surface area contributed by atoms with E-state index in [0.717, 1.165) is 24.4 Å². The molecule has 1 nitrogen and oxygen atoms in total. The molecule has 1 aromatic rings. The van der Waals surface area contributed by atoms with E-state index in [-0.39, 0.29) is 5.82 Å². The predicted octanol–water partition coefficient (Wildman–Crippen LogP) is 2.76. The number of hydrogen-bond donors (Lipinski definition) is 1. The van der Waals surface area contributed by atoms with Crippen LogP contribution in [0.5, 0.6) is 0 Å². The van der Waals surface area contributed by atoms with Gasteiger partial charge in [0.1, 0.15) is 5.82 Å². The lowest BCUT2D eigenvalue weighted by Gasteiger charge is -2.12. The molecule has 82 valence electrons. The summed E-state index contributed by atoms with van der Waals surface area (Å²) in [6, 6.07) is 7.61. The van der Waals surface area contributed by atoms with E-state index in [0.29, 0.717) is 6.04 Å². The van der Waals surface area contributed by atoms with Crippen molar-refractivity contribution in [3.63, 3.8) is 0 Å². The van der Waals surface area contributed by atoms with Gasteiger partial charge in [-0.25, -0.2) is 4.39 Å². The lowest BCUT2D eigenvalue weighted by atomic mass is 10.1. The third-order valence-corrected chi connectivity index (χ3v) is 3.15. The van der Waals surface area contributed by atoms with Gasteiger partial charge in [-0.3, -0.25) is 0 Å². The van der Waals surface area contributed by atoms with Crippen LogP contribution in [0.3, 0.4) is 0 Å². The fourth-order valence-corrected chi connectivity index (χ4v) is 1.90. The van der Waals surface area contributed by atoms with E-state index in [1.54, 1.807) is 6.07 Å². The molecule has 0 amide bonds. The topological polar surface area (TPSA) is 12.0 Å². The molecule has 1 saturated carbocycles. The highest BCUT2D eigenvalue weighted by Crippen LogP contribution is 2.32. The Balaban J connectivity index is 1.75. The molecule has 1 atom stereocenters. The van der Waals surface area contributed by atoms with Gasteiger partial charge in [0, 0.05) is 6.04 Å². The lowest BCUT2D eigenvalue weighted by Crippen LogP contribution is -2.29. The van der Waals surface area contributed by atoms with Gasteiger partial charge in [0.15, 0.2) is 0 Å². The third-order valence-electron chi connectivity index (χ3n) is 3.15. The van der Waals surface area contributed by atoms with Crippen molar-refractivity contribution in [1.29, 1.82) is 0 Å². The van der Waals surface area contributed by atoms with E-state index in [4.69, 9.17) is 0 Å². The number of halogens is 1. The van der Waals surface area contributed by atoms with Gasteiger partial charge in [-0.1, -0.05) is 18.2 Å². The van der Waals surface area contributed by atoms with Gasteiger partial charge < -0.3 is 5.32 Å². The van der Waals surface area contributed by atoms with Crippen LogP contribution in [0.15, 0.2) is 24.3 Å². The molecule has 0 unspecified atom stereocenters. The van der Waals surface area contributed by atoms with Crippen molar-refractivity contribution in [3.05, 3.63) is 35.6 Å². The summed E-state index contributed by atoms with van der Waals surface area (Å²) in [6.07, 6.45) is 3.49. The van der Waals surface area contributed by atoms with Crippen molar-refractivity contribution in [1.82, 2.24) is 5.32 Å². The van der Waals surface area contributed by atoms with Gasteiger partial charge in [0.25, 0.3) is 0 Å². The highest BCUT2D eigenvalue weighted by Gasteiger charge is 2.27. The Labute approximate surface area is 90.7 Å². The van der Waals surface area contributed by atoms with Gasteiger partial charge >= 0.3 is 0 Å². The first-order valence-corrected chi connectivity index (χ1v) is 5.74. The Morgan fingerprint density at radius 2 is 2.13 bits per heavy atom. The van der Waals surface area contributed by atoms with Crippen molar-refractivity contribution >= 4 is 0 Å². The second kappa shape index (κ2) is 4.75. The highest BCUT2D eigenvalue weighted by atomic mass is 19.1. The predicted molar refractivity (Wildman–Crippen MR) is 60.3 cm³/mol. The first kappa shape index (κ1) is 10.6. The zero-order valence-electron chi connectivity index (χ0n) is 9.17. The molecule has 1 aromatic carbocycles. The normalized spacial score (nSPS) is 17.7. The van der Waals surface area contributed by atoms with Crippen LogP contribution in [0.25, 0.3) is 0 Å². The van der Waals surface area contributed by atoms with Gasteiger partial charge in [-0.2, -0.15) is 0 Å². The minimum atomic E-state index is -0.0848. The Hall–Kier alpha value is -0.890. The molecule has 15 heavy (non-hydrogen) atoms. The zero-order valence-corrected chi connectivity index (χ0v) is 9.17. The molecule has 1 aliphatic carbocycles. The summed E-state index contributed by atoms with van der Waals surface area (Å²) < 4.78 is 13.3. The average Bonchev–Trinajstić information content (AvgIpc) is 3.04. The number of rotatable bonds is 5. The summed E-state index contributed by atoms with van der Waals surface area (Å²) in [6.45, 7) is 3.09. The maximum Gasteiger partial charge on any atom is 0.126 e. The Kier molecular flexibility index (Phi) is 3.37. The van der Waals surface area contributed by atoms with Crippen LogP contribution < -0.4 is 5.32 Å². The molecular weight excluding hydrogens is 189 g/mol. The molecule has 1 N–H and O–H groups in total. The molecule has 0 spiro atoms. The minimum Gasteiger partial charge on any atom is -0.314 e. The van der Waals surface area contributed by atoms with Gasteiger partial charge in [-0.15, -0.1) is 0 Å². The van der Waals surface area contributed by atoms with Crippen LogP contribution >= 0.6 is 0 Å². The fourth-order valence-electron chi connectivity index (χ4n) is 1.90. The second-order valence-electron chi connectivity index (χ2n) is 4.42. The van der Waals surface area contributed by atoms with E-state index in [2.05, 4.69) is 12.2 Å². The summed E-state index contributed by atoms with van der Waals surface area (Å²) >= 11 is 0. The van der Waals surface area contributed by atoms with E-state index >= 15 is 0 Å². The van der Waals surface area contributed by atoms with Gasteiger partial charge in [0.05, 0.1) is 0 Å². The SMILES string of the molecule is C[C@H](NCCc1ccccc1F)C1CC1. The quantitative estimate of drug-likeness (QED) is 0.783. The van der Waals surface area contributed by atoms with Crippen molar-refractivity contribution in [2.45, 2.75) is 32.2 Å². The maximum atomic E-state index is 13.3. The second-order valence-corrected chi connectivity index (χ2v) is 4.42. The molecule has 2 heteroatoms. The molecule has 0 heterocycles. The van der Waals surface area contributed by atoms with Crippen LogP contribution in [0.1, 0.15) is 25.3 Å². The average molecular weight is 207 g/mol. The Morgan fingerprint density at radius 3 is 2.80 bits per heavy atom. The van der Waals surface area contributed by atoms with Crippen LogP contribution in [-0.4, -0.2) is 12.6 Å². The molecule has 1 fully saturated rings. The summed E-state index contributed by atoms with van der Waals surface area (Å²) in [5.74, 6) is 0.781. The molecule has 0 aliphatic heterocycles. The van der Waals surface area contributed by atoms with Crippen molar-refractivity contribution in [2.75, 3.05) is 6.54 Å². The highest BCUT2D eigenvalue weighted by molar-refractivity contribution is 5.17. The smallest absolute Gasteiger partial charge is 0.126 e. The van der Waals surface area contributed by atoms with E-state index in [1.807, 2.05) is 12.1 Å². The van der Waals surface area contributed by atoms with E-state index in [1.165, 1.54) is 18.9 Å². The van der Waals surface area contributed by atoms with Crippen molar-refractivity contribution < 1.29 is 4.39 Å². The van der Waals surface area contributed by atoms with Crippen molar-refractivity contribution in [2.24, 2.45) is 5.92 Å². The number of hydrogen-bond acceptors (Lipinski definition) is 1. The molecule has 0 aromatic heterocycles. The Morgan fingerprint density at radius 1 is 1.40 bits per heavy atom. The largest absolute Gasteiger partial charge is 0.314 e. The third kappa shape index (κ3) is 3.03. The van der Waals surface area contributed by atoms with Crippen LogP contribution in [-0.2, 0) is 6.42 Å². The Bertz CT molecular complexity index is 320. The summed E-state index contributed by atoms with van der Waals surface area (Å²) in [5.41, 5.74) is 0.813. The monoisotopic (exact) mass is 207 g/mol. The molecule has 1 aliphatic rings. The summed E-state index contributed by atoms with van der Waals surface area (Å²) in [5, 5.41) is 3.45. The van der Waals surface area contributed by atoms with E-state index < -0.39 is 0 Å². The van der Waals surface area contributed by atoms with Gasteiger partial charge in [-0.05, 0) is 50.3 Å². The van der Waals surface area contributed by atoms with Crippen molar-refractivity contribution in [3.8, 4) is 0 Å². The first-order valence-electron chi connectivity index (χ1n) is 5.74. The standard InChI is InChI=1S/C13H18FN/c1-10(11-6-7-11)15-9-8-12-4-2-3-5-13(12)14/h2-5,10-11,15H,6-9H2,1H3/t10-/m0/s1. The number of nitrogens with one attached hydrogen (secondary N) is 1. The molecule has 0 saturated heterocycles. The minimum absolute atomic E-state index is 0.0848. The molecular formula is C13H18FN. The lowest BCUT2D eigenvalue weighted by molar-refractivity contribution is 0.495. The zero-order chi connectivity index (χ0) is 10.7. The van der Waals surface area contributed by atoms with E-state index in [9.17, 15) is 4.39 Å². The maximum absolute atomic E-state index is 13.3. The first-order chi connectivity index (χ1) is 7.27. The summed E-state index contributed by atoms with van der Waals surface area (Å²) in [7, 11) is 0. The molecule has 2 rings (SSSR count). The van der Waals surface area contributed by atoms with Crippen LogP contribution in [0, 0.1) is 11.7 Å². The van der Waals surface area contributed by atoms with Gasteiger partial charge in [0.2, 0.25) is 0 Å². The number of benzene rings is 1. The molecule has 0 radical (unpaired) electrons.